The number of nitrogens with zero attached hydrogens (tertiary/aromatic N) is 1. The van der Waals surface area contributed by atoms with E-state index in [0.29, 0.717) is 29.8 Å². The molecular weight excluding hydrogens is 342 g/mol. The molecule has 0 aromatic heterocycles. The van der Waals surface area contributed by atoms with Gasteiger partial charge in [0.05, 0.1) is 17.1 Å². The zero-order chi connectivity index (χ0) is 18.2. The number of amides is 1. The molecule has 2 aromatic carbocycles. The first-order valence-electron chi connectivity index (χ1n) is 7.65. The Morgan fingerprint density at radius 3 is 2.64 bits per heavy atom. The quantitative estimate of drug-likeness (QED) is 0.784. The SMILES string of the molecule is CN(C(=O)c1ccc2c(c1)C(=O)OCC2)c1cccc(S(C)(=O)=O)c1. The standard InChI is InChI=1S/C18H17NO5S/c1-19(14-4-3-5-15(11-14)25(2,22)23)17(20)13-7-6-12-8-9-24-18(21)16(12)10-13/h3-7,10-11H,8-9H2,1-2H3. The van der Waals surface area contributed by atoms with Gasteiger partial charge in [-0.25, -0.2) is 13.2 Å². The predicted octanol–water partition coefficient (Wildman–Crippen LogP) is 2.08. The lowest BCUT2D eigenvalue weighted by atomic mass is 9.99. The fourth-order valence-corrected chi connectivity index (χ4v) is 3.34. The molecule has 0 unspecified atom stereocenters. The Balaban J connectivity index is 1.93. The molecule has 130 valence electrons. The Bertz CT molecular complexity index is 965. The molecule has 2 aromatic rings. The normalized spacial score (nSPS) is 13.8. The Morgan fingerprint density at radius 2 is 1.92 bits per heavy atom. The molecule has 1 aliphatic heterocycles. The first-order valence-corrected chi connectivity index (χ1v) is 9.55. The summed E-state index contributed by atoms with van der Waals surface area (Å²) in [6.07, 6.45) is 1.74. The average Bonchev–Trinajstić information content (AvgIpc) is 2.60. The summed E-state index contributed by atoms with van der Waals surface area (Å²) in [5.74, 6) is -0.774. The molecule has 7 heteroatoms. The van der Waals surface area contributed by atoms with Crippen molar-refractivity contribution in [2.75, 3.05) is 24.8 Å². The minimum Gasteiger partial charge on any atom is -0.462 e. The lowest BCUT2D eigenvalue weighted by Gasteiger charge is -2.20. The minimum absolute atomic E-state index is 0.138. The third-order valence-corrected chi connectivity index (χ3v) is 5.23. The second kappa shape index (κ2) is 6.33. The van der Waals surface area contributed by atoms with Crippen molar-refractivity contribution in [3.63, 3.8) is 0 Å². The fraction of sp³-hybridized carbons (Fsp3) is 0.222. The number of ether oxygens (including phenoxy) is 1. The summed E-state index contributed by atoms with van der Waals surface area (Å²) in [7, 11) is -1.81. The van der Waals surface area contributed by atoms with Crippen LogP contribution in [0.3, 0.4) is 0 Å². The molecule has 0 fully saturated rings. The molecule has 0 bridgehead atoms. The number of cyclic esters (lactones) is 1. The molecule has 1 aliphatic rings. The smallest absolute Gasteiger partial charge is 0.338 e. The summed E-state index contributed by atoms with van der Waals surface area (Å²) in [6, 6.07) is 11.1. The van der Waals surface area contributed by atoms with Gasteiger partial charge in [-0.3, -0.25) is 4.79 Å². The van der Waals surface area contributed by atoms with Crippen molar-refractivity contribution >= 4 is 27.4 Å². The van der Waals surface area contributed by atoms with Gasteiger partial charge in [-0.15, -0.1) is 0 Å². The van der Waals surface area contributed by atoms with Crippen LogP contribution < -0.4 is 4.90 Å². The van der Waals surface area contributed by atoms with Gasteiger partial charge in [0.2, 0.25) is 0 Å². The lowest BCUT2D eigenvalue weighted by molar-refractivity contribution is 0.0480. The van der Waals surface area contributed by atoms with Gasteiger partial charge in [-0.2, -0.15) is 0 Å². The van der Waals surface area contributed by atoms with Crippen LogP contribution in [0.5, 0.6) is 0 Å². The molecule has 0 spiro atoms. The third-order valence-electron chi connectivity index (χ3n) is 4.12. The van der Waals surface area contributed by atoms with Gasteiger partial charge in [-0.1, -0.05) is 12.1 Å². The Labute approximate surface area is 145 Å². The number of sulfone groups is 1. The summed E-state index contributed by atoms with van der Waals surface area (Å²) in [5, 5.41) is 0. The number of hydrogen-bond donors (Lipinski definition) is 0. The van der Waals surface area contributed by atoms with E-state index in [1.54, 1.807) is 31.3 Å². The Kier molecular flexibility index (Phi) is 4.34. The van der Waals surface area contributed by atoms with Gasteiger partial charge >= 0.3 is 5.97 Å². The summed E-state index contributed by atoms with van der Waals surface area (Å²) in [6.45, 7) is 0.345. The molecule has 1 heterocycles. The van der Waals surface area contributed by atoms with Crippen LogP contribution in [0.15, 0.2) is 47.4 Å². The van der Waals surface area contributed by atoms with Crippen LogP contribution in [0.25, 0.3) is 0 Å². The third kappa shape index (κ3) is 3.41. The average molecular weight is 359 g/mol. The minimum atomic E-state index is -3.37. The molecule has 1 amide bonds. The molecule has 0 atom stereocenters. The highest BCUT2D eigenvalue weighted by molar-refractivity contribution is 7.90. The van der Waals surface area contributed by atoms with Crippen molar-refractivity contribution in [3.05, 3.63) is 59.2 Å². The van der Waals surface area contributed by atoms with E-state index in [-0.39, 0.29) is 10.8 Å². The summed E-state index contributed by atoms with van der Waals surface area (Å²) in [4.78, 5) is 26.1. The Hall–Kier alpha value is -2.67. The van der Waals surface area contributed by atoms with E-state index in [1.165, 1.54) is 23.1 Å². The highest BCUT2D eigenvalue weighted by Gasteiger charge is 2.22. The summed E-state index contributed by atoms with van der Waals surface area (Å²) >= 11 is 0. The van der Waals surface area contributed by atoms with E-state index in [0.717, 1.165) is 11.8 Å². The number of hydrogen-bond acceptors (Lipinski definition) is 5. The summed E-state index contributed by atoms with van der Waals surface area (Å²) in [5.41, 5.74) is 2.04. The van der Waals surface area contributed by atoms with Crippen molar-refractivity contribution in [1.82, 2.24) is 0 Å². The monoisotopic (exact) mass is 359 g/mol. The van der Waals surface area contributed by atoms with Crippen molar-refractivity contribution < 1.29 is 22.7 Å². The van der Waals surface area contributed by atoms with E-state index < -0.39 is 15.8 Å². The van der Waals surface area contributed by atoms with Crippen LogP contribution in [0.4, 0.5) is 5.69 Å². The fourth-order valence-electron chi connectivity index (χ4n) is 2.68. The zero-order valence-electron chi connectivity index (χ0n) is 13.9. The maximum Gasteiger partial charge on any atom is 0.338 e. The lowest BCUT2D eigenvalue weighted by Crippen LogP contribution is -2.27. The van der Waals surface area contributed by atoms with Gasteiger partial charge in [0, 0.05) is 31.0 Å². The molecule has 25 heavy (non-hydrogen) atoms. The van der Waals surface area contributed by atoms with Crippen molar-refractivity contribution in [2.45, 2.75) is 11.3 Å². The van der Waals surface area contributed by atoms with E-state index in [4.69, 9.17) is 4.74 Å². The number of rotatable bonds is 3. The highest BCUT2D eigenvalue weighted by atomic mass is 32.2. The second-order valence-corrected chi connectivity index (χ2v) is 7.91. The molecule has 3 rings (SSSR count). The number of fused-ring (bicyclic) bond motifs is 1. The van der Waals surface area contributed by atoms with E-state index in [2.05, 4.69) is 0 Å². The number of benzene rings is 2. The number of esters is 1. The first-order chi connectivity index (χ1) is 11.8. The van der Waals surface area contributed by atoms with Crippen LogP contribution >= 0.6 is 0 Å². The second-order valence-electron chi connectivity index (χ2n) is 5.89. The summed E-state index contributed by atoms with van der Waals surface area (Å²) < 4.78 is 28.4. The molecule has 0 aliphatic carbocycles. The molecule has 0 saturated heterocycles. The van der Waals surface area contributed by atoms with Crippen molar-refractivity contribution in [2.24, 2.45) is 0 Å². The van der Waals surface area contributed by atoms with Crippen molar-refractivity contribution in [1.29, 1.82) is 0 Å². The van der Waals surface area contributed by atoms with Crippen LogP contribution in [0.1, 0.15) is 26.3 Å². The number of carbonyl (C=O) groups excluding carboxylic acids is 2. The number of carbonyl (C=O) groups is 2. The molecular formula is C18H17NO5S. The van der Waals surface area contributed by atoms with E-state index in [1.807, 2.05) is 0 Å². The zero-order valence-corrected chi connectivity index (χ0v) is 14.7. The van der Waals surface area contributed by atoms with Gasteiger partial charge in [-0.05, 0) is 35.9 Å². The van der Waals surface area contributed by atoms with E-state index in [9.17, 15) is 18.0 Å². The van der Waals surface area contributed by atoms with Crippen LogP contribution in [0.2, 0.25) is 0 Å². The van der Waals surface area contributed by atoms with Gasteiger partial charge in [0.25, 0.3) is 5.91 Å². The van der Waals surface area contributed by atoms with Crippen LogP contribution in [0, 0.1) is 0 Å². The first kappa shape index (κ1) is 17.2. The topological polar surface area (TPSA) is 80.8 Å². The van der Waals surface area contributed by atoms with Crippen LogP contribution in [-0.2, 0) is 21.0 Å². The maximum atomic E-state index is 12.7. The molecule has 6 nitrogen and oxygen atoms in total. The molecule has 0 saturated carbocycles. The van der Waals surface area contributed by atoms with Crippen LogP contribution in [-0.4, -0.2) is 40.2 Å². The molecule has 0 radical (unpaired) electrons. The Morgan fingerprint density at radius 1 is 1.16 bits per heavy atom. The predicted molar refractivity (Wildman–Crippen MR) is 92.7 cm³/mol. The maximum absolute atomic E-state index is 12.7. The van der Waals surface area contributed by atoms with Gasteiger partial charge in [0.1, 0.15) is 0 Å². The molecule has 0 N–H and O–H groups in total. The van der Waals surface area contributed by atoms with Gasteiger partial charge < -0.3 is 9.64 Å². The van der Waals surface area contributed by atoms with Gasteiger partial charge in [0.15, 0.2) is 9.84 Å². The number of anilines is 1. The highest BCUT2D eigenvalue weighted by Crippen LogP contribution is 2.23. The van der Waals surface area contributed by atoms with E-state index >= 15 is 0 Å². The van der Waals surface area contributed by atoms with Crippen molar-refractivity contribution in [3.8, 4) is 0 Å². The largest absolute Gasteiger partial charge is 0.462 e.